The molecule has 4 aromatic rings. The van der Waals surface area contributed by atoms with E-state index in [0.29, 0.717) is 74.1 Å². The largest absolute Gasteiger partial charge is 0.352 e. The molecule has 8 nitrogen and oxygen atoms in total. The highest BCUT2D eigenvalue weighted by molar-refractivity contribution is 6.05. The molecule has 0 spiro atoms. The van der Waals surface area contributed by atoms with E-state index in [1.54, 1.807) is 48.5 Å². The normalized spacial score (nSPS) is 15.7. The van der Waals surface area contributed by atoms with Crippen LogP contribution in [-0.4, -0.2) is 36.7 Å². The summed E-state index contributed by atoms with van der Waals surface area (Å²) in [5.41, 5.74) is 4.06. The van der Waals surface area contributed by atoms with E-state index in [9.17, 15) is 19.2 Å². The van der Waals surface area contributed by atoms with E-state index in [0.717, 1.165) is 11.1 Å². The quantitative estimate of drug-likeness (QED) is 0.156. The van der Waals surface area contributed by atoms with Crippen LogP contribution in [0.15, 0.2) is 109 Å². The van der Waals surface area contributed by atoms with Gasteiger partial charge in [-0.1, -0.05) is 84.9 Å². The van der Waals surface area contributed by atoms with Crippen LogP contribution in [0.5, 0.6) is 0 Å². The minimum absolute atomic E-state index is 0.152. The molecule has 0 atom stereocenters. The topological polar surface area (TPSA) is 116 Å². The number of benzene rings is 4. The van der Waals surface area contributed by atoms with Gasteiger partial charge in [0.25, 0.3) is 11.8 Å². The van der Waals surface area contributed by atoms with Gasteiger partial charge in [0.2, 0.25) is 11.8 Å². The Morgan fingerprint density at radius 3 is 1.22 bits per heavy atom. The van der Waals surface area contributed by atoms with Gasteiger partial charge in [0.05, 0.1) is 22.5 Å². The molecule has 0 unspecified atom stereocenters. The number of anilines is 2. The Morgan fingerprint density at radius 2 is 0.826 bits per heavy atom. The second kappa shape index (κ2) is 16.2. The van der Waals surface area contributed by atoms with Crippen molar-refractivity contribution in [2.24, 2.45) is 11.8 Å². The van der Waals surface area contributed by atoms with E-state index in [-0.39, 0.29) is 35.5 Å². The zero-order chi connectivity index (χ0) is 32.1. The van der Waals surface area contributed by atoms with Crippen molar-refractivity contribution in [3.8, 4) is 0 Å². The molecule has 0 saturated heterocycles. The van der Waals surface area contributed by atoms with E-state index in [1.165, 1.54) is 0 Å². The lowest BCUT2D eigenvalue weighted by atomic mass is 9.81. The predicted molar refractivity (Wildman–Crippen MR) is 181 cm³/mol. The van der Waals surface area contributed by atoms with Crippen LogP contribution in [0.4, 0.5) is 11.4 Å². The van der Waals surface area contributed by atoms with Crippen LogP contribution in [-0.2, 0) is 22.4 Å². The lowest BCUT2D eigenvalue weighted by Gasteiger charge is -2.27. The molecule has 4 amide bonds. The number of nitrogens with one attached hydrogen (secondary N) is 4. The lowest BCUT2D eigenvalue weighted by molar-refractivity contribution is -0.125. The number of carbonyl (C=O) groups excluding carboxylic acids is 4. The van der Waals surface area contributed by atoms with Crippen molar-refractivity contribution in [2.75, 3.05) is 23.7 Å². The van der Waals surface area contributed by atoms with Gasteiger partial charge < -0.3 is 21.3 Å². The van der Waals surface area contributed by atoms with Crippen LogP contribution in [0.2, 0.25) is 0 Å². The number of amides is 4. The molecule has 236 valence electrons. The number of carbonyl (C=O) groups is 4. The third kappa shape index (κ3) is 8.91. The first-order chi connectivity index (χ1) is 22.5. The van der Waals surface area contributed by atoms with Gasteiger partial charge in [-0.15, -0.1) is 0 Å². The Balaban J connectivity index is 1.09. The molecule has 0 bridgehead atoms. The summed E-state index contributed by atoms with van der Waals surface area (Å²) >= 11 is 0. The maximum atomic E-state index is 13.2. The van der Waals surface area contributed by atoms with Crippen LogP contribution in [0, 0.1) is 11.8 Å². The molecule has 4 aromatic carbocycles. The summed E-state index contributed by atoms with van der Waals surface area (Å²) in [5.74, 6) is -1.31. The first-order valence-electron chi connectivity index (χ1n) is 15.9. The van der Waals surface area contributed by atoms with Crippen molar-refractivity contribution < 1.29 is 19.2 Å². The van der Waals surface area contributed by atoms with Gasteiger partial charge in [0.1, 0.15) is 0 Å². The fourth-order valence-electron chi connectivity index (χ4n) is 5.79. The Labute approximate surface area is 270 Å². The predicted octanol–water partition coefficient (Wildman–Crippen LogP) is 6.02. The van der Waals surface area contributed by atoms with Crippen LogP contribution >= 0.6 is 0 Å². The van der Waals surface area contributed by atoms with Gasteiger partial charge in [0, 0.05) is 24.9 Å². The average Bonchev–Trinajstić information content (AvgIpc) is 3.09. The van der Waals surface area contributed by atoms with Crippen molar-refractivity contribution in [2.45, 2.75) is 38.5 Å². The van der Waals surface area contributed by atoms with Crippen molar-refractivity contribution in [3.63, 3.8) is 0 Å². The summed E-state index contributed by atoms with van der Waals surface area (Å²) in [6.45, 7) is 0.973. The van der Waals surface area contributed by atoms with E-state index in [4.69, 9.17) is 0 Å². The Hall–Kier alpha value is -5.24. The van der Waals surface area contributed by atoms with E-state index < -0.39 is 0 Å². The highest BCUT2D eigenvalue weighted by Gasteiger charge is 2.31. The number of hydrogen-bond acceptors (Lipinski definition) is 4. The first-order valence-corrected chi connectivity index (χ1v) is 15.9. The highest BCUT2D eigenvalue weighted by Crippen LogP contribution is 2.31. The third-order valence-electron chi connectivity index (χ3n) is 8.41. The molecule has 0 heterocycles. The molecule has 0 aromatic heterocycles. The van der Waals surface area contributed by atoms with Gasteiger partial charge in [-0.2, -0.15) is 0 Å². The summed E-state index contributed by atoms with van der Waals surface area (Å²) < 4.78 is 0. The van der Waals surface area contributed by atoms with Crippen molar-refractivity contribution in [1.29, 1.82) is 0 Å². The SMILES string of the molecule is O=C(NCCc1ccccc1)c1ccccc1NC(=O)C1CCC(C(=O)Nc2ccccc2C(=O)NCCc2ccccc2)CC1. The monoisotopic (exact) mass is 616 g/mol. The minimum atomic E-state index is -0.263. The zero-order valence-electron chi connectivity index (χ0n) is 25.8. The molecule has 46 heavy (non-hydrogen) atoms. The van der Waals surface area contributed by atoms with E-state index >= 15 is 0 Å². The van der Waals surface area contributed by atoms with Crippen molar-refractivity contribution >= 4 is 35.0 Å². The second-order valence-electron chi connectivity index (χ2n) is 11.6. The number of para-hydroxylation sites is 2. The van der Waals surface area contributed by atoms with Crippen LogP contribution < -0.4 is 21.3 Å². The van der Waals surface area contributed by atoms with E-state index in [1.807, 2.05) is 60.7 Å². The summed E-state index contributed by atoms with van der Waals surface area (Å²) in [6.07, 6.45) is 3.64. The molecule has 5 rings (SSSR count). The molecule has 4 N–H and O–H groups in total. The van der Waals surface area contributed by atoms with Gasteiger partial charge in [-0.3, -0.25) is 19.2 Å². The van der Waals surface area contributed by atoms with Gasteiger partial charge in [-0.25, -0.2) is 0 Å². The maximum Gasteiger partial charge on any atom is 0.253 e. The van der Waals surface area contributed by atoms with Crippen LogP contribution in [0.3, 0.4) is 0 Å². The fourth-order valence-corrected chi connectivity index (χ4v) is 5.79. The van der Waals surface area contributed by atoms with Gasteiger partial charge >= 0.3 is 0 Å². The Kier molecular flexibility index (Phi) is 11.3. The van der Waals surface area contributed by atoms with Crippen molar-refractivity contribution in [3.05, 3.63) is 131 Å². The Morgan fingerprint density at radius 1 is 0.478 bits per heavy atom. The molecule has 8 heteroatoms. The molecule has 0 radical (unpaired) electrons. The van der Waals surface area contributed by atoms with Crippen molar-refractivity contribution in [1.82, 2.24) is 10.6 Å². The summed E-state index contributed by atoms with van der Waals surface area (Å²) in [7, 11) is 0. The highest BCUT2D eigenvalue weighted by atomic mass is 16.2. The summed E-state index contributed by atoms with van der Waals surface area (Å²) in [6, 6.07) is 33.9. The van der Waals surface area contributed by atoms with Crippen LogP contribution in [0.25, 0.3) is 0 Å². The zero-order valence-corrected chi connectivity index (χ0v) is 25.8. The van der Waals surface area contributed by atoms with Gasteiger partial charge in [0.15, 0.2) is 0 Å². The summed E-state index contributed by atoms with van der Waals surface area (Å²) in [5, 5.41) is 11.8. The third-order valence-corrected chi connectivity index (χ3v) is 8.41. The summed E-state index contributed by atoms with van der Waals surface area (Å²) in [4.78, 5) is 52.3. The molecular formula is C38H40N4O4. The minimum Gasteiger partial charge on any atom is -0.352 e. The molecule has 1 saturated carbocycles. The smallest absolute Gasteiger partial charge is 0.253 e. The number of rotatable bonds is 12. The average molecular weight is 617 g/mol. The van der Waals surface area contributed by atoms with E-state index in [2.05, 4.69) is 21.3 Å². The Bertz CT molecular complexity index is 1510. The standard InChI is InChI=1S/C38H40N4O4/c43-35(41-33-17-9-7-15-31(33)37(45)39-25-23-27-11-3-1-4-12-27)29-19-21-30(22-20-29)36(44)42-34-18-10-8-16-32(34)38(46)40-26-24-28-13-5-2-6-14-28/h1-18,29-30H,19-26H2,(H,39,45)(H,40,46)(H,41,43)(H,42,44). The van der Waals surface area contributed by atoms with Gasteiger partial charge in [-0.05, 0) is 73.9 Å². The molecule has 0 aliphatic heterocycles. The fraction of sp³-hybridized carbons (Fsp3) is 0.263. The molecule has 1 aliphatic carbocycles. The second-order valence-corrected chi connectivity index (χ2v) is 11.6. The molecule has 1 fully saturated rings. The molecule has 1 aliphatic rings. The number of hydrogen-bond donors (Lipinski definition) is 4. The first kappa shape index (κ1) is 32.2. The van der Waals surface area contributed by atoms with Crippen LogP contribution in [0.1, 0.15) is 57.5 Å². The maximum absolute atomic E-state index is 13.2. The lowest BCUT2D eigenvalue weighted by Crippen LogP contribution is -2.33. The molecular weight excluding hydrogens is 576 g/mol.